The predicted octanol–water partition coefficient (Wildman–Crippen LogP) is 1.01. The summed E-state index contributed by atoms with van der Waals surface area (Å²) in [5.41, 5.74) is 6.02. The van der Waals surface area contributed by atoms with Gasteiger partial charge in [-0.15, -0.1) is 0 Å². The topological polar surface area (TPSA) is 49.9 Å². The number of rotatable bonds is 1. The average molecular weight is 121 g/mol. The molecule has 0 atom stereocenters. The molecule has 0 unspecified atom stereocenters. The molecule has 3 N–H and O–H groups in total. The Morgan fingerprint density at radius 2 is 2.44 bits per heavy atom. The molecule has 47 valence electrons. The highest BCUT2D eigenvalue weighted by atomic mass is 14.7. The zero-order valence-corrected chi connectivity index (χ0v) is 5.09. The molecule has 2 heteroatoms. The van der Waals surface area contributed by atoms with Gasteiger partial charge in [-0.3, -0.25) is 5.41 Å². The maximum atomic E-state index is 7.03. The van der Waals surface area contributed by atoms with E-state index < -0.39 is 0 Å². The van der Waals surface area contributed by atoms with Gasteiger partial charge in [0.25, 0.3) is 0 Å². The van der Waals surface area contributed by atoms with Gasteiger partial charge in [0.2, 0.25) is 0 Å². The maximum absolute atomic E-state index is 7.03. The van der Waals surface area contributed by atoms with Crippen molar-refractivity contribution in [2.75, 3.05) is 0 Å². The lowest BCUT2D eigenvalue weighted by atomic mass is 10.1. The van der Waals surface area contributed by atoms with Crippen LogP contribution in [0.3, 0.4) is 0 Å². The van der Waals surface area contributed by atoms with Gasteiger partial charge in [-0.1, -0.05) is 18.2 Å². The zero-order chi connectivity index (χ0) is 6.69. The minimum absolute atomic E-state index is 0.141. The highest BCUT2D eigenvalue weighted by Crippen LogP contribution is 2.07. The van der Waals surface area contributed by atoms with Crippen molar-refractivity contribution in [1.82, 2.24) is 0 Å². The van der Waals surface area contributed by atoms with E-state index in [4.69, 9.17) is 11.1 Å². The Labute approximate surface area is 54.6 Å². The number of hydrogen-bond donors (Lipinski definition) is 2. The summed E-state index contributed by atoms with van der Waals surface area (Å²) in [6.45, 7) is 0. The molecule has 0 spiro atoms. The fourth-order valence-corrected chi connectivity index (χ4v) is 0.704. The van der Waals surface area contributed by atoms with Crippen LogP contribution in [0.4, 0.5) is 0 Å². The van der Waals surface area contributed by atoms with Crippen LogP contribution in [0.5, 0.6) is 0 Å². The van der Waals surface area contributed by atoms with E-state index >= 15 is 0 Å². The summed E-state index contributed by atoms with van der Waals surface area (Å²) in [5.74, 6) is 0.141. The molecule has 0 aromatic carbocycles. The van der Waals surface area contributed by atoms with Gasteiger partial charge in [-0.05, 0) is 12.8 Å². The molecule has 9 heavy (non-hydrogen) atoms. The molecule has 0 saturated heterocycles. The van der Waals surface area contributed by atoms with Crippen molar-refractivity contribution in [3.8, 4) is 0 Å². The van der Waals surface area contributed by atoms with Gasteiger partial charge in [0.05, 0.1) is 0 Å². The molecular weight excluding hydrogens is 112 g/mol. The van der Waals surface area contributed by atoms with E-state index in [-0.39, 0.29) is 5.84 Å². The lowest BCUT2D eigenvalue weighted by Crippen LogP contribution is -2.12. The Morgan fingerprint density at radius 1 is 1.67 bits per heavy atom. The second kappa shape index (κ2) is 2.49. The third kappa shape index (κ3) is 1.42. The Morgan fingerprint density at radius 3 is 2.78 bits per heavy atom. The highest BCUT2D eigenvalue weighted by Gasteiger charge is 1.97. The van der Waals surface area contributed by atoms with Crippen LogP contribution in [0.2, 0.25) is 0 Å². The van der Waals surface area contributed by atoms with Crippen molar-refractivity contribution in [2.24, 2.45) is 5.73 Å². The van der Waals surface area contributed by atoms with E-state index in [1.165, 1.54) is 0 Å². The average Bonchev–Trinajstić information content (AvgIpc) is 1.90. The molecule has 1 aliphatic rings. The standard InChI is InChI=1S/C7H9N2/c8-7(9)6-4-2-1-3-5-6/h2-5H,1H2,(H3,8,9). The number of nitrogens with two attached hydrogens (primary N) is 1. The number of hydrogen-bond acceptors (Lipinski definition) is 1. The van der Waals surface area contributed by atoms with E-state index in [0.717, 1.165) is 12.0 Å². The van der Waals surface area contributed by atoms with E-state index in [2.05, 4.69) is 0 Å². The SMILES string of the molecule is N=C(N)C1=C[CH]CC=C1. The molecule has 0 saturated carbocycles. The Balaban J connectivity index is 2.69. The normalized spacial score (nSPS) is 17.1. The van der Waals surface area contributed by atoms with Crippen molar-refractivity contribution < 1.29 is 0 Å². The first-order valence-electron chi connectivity index (χ1n) is 2.85. The molecule has 0 heterocycles. The first kappa shape index (κ1) is 6.08. The van der Waals surface area contributed by atoms with Crippen LogP contribution in [-0.2, 0) is 0 Å². The van der Waals surface area contributed by atoms with Gasteiger partial charge < -0.3 is 5.73 Å². The molecule has 1 rings (SSSR count). The number of allylic oxidation sites excluding steroid dienone is 2. The Bertz CT molecular complexity index is 177. The van der Waals surface area contributed by atoms with Gasteiger partial charge in [-0.2, -0.15) is 0 Å². The summed E-state index contributed by atoms with van der Waals surface area (Å²) >= 11 is 0. The smallest absolute Gasteiger partial charge is 0.122 e. The number of amidine groups is 1. The van der Waals surface area contributed by atoms with Crippen molar-refractivity contribution in [3.63, 3.8) is 0 Å². The van der Waals surface area contributed by atoms with Gasteiger partial charge in [0.1, 0.15) is 5.84 Å². The molecule has 0 aromatic rings. The minimum Gasteiger partial charge on any atom is -0.384 e. The Hall–Kier alpha value is -1.05. The largest absolute Gasteiger partial charge is 0.384 e. The third-order valence-corrected chi connectivity index (χ3v) is 1.18. The summed E-state index contributed by atoms with van der Waals surface area (Å²) in [4.78, 5) is 0. The second-order valence-corrected chi connectivity index (χ2v) is 1.91. The Kier molecular flexibility index (Phi) is 1.68. The van der Waals surface area contributed by atoms with Crippen LogP contribution in [0, 0.1) is 11.8 Å². The van der Waals surface area contributed by atoms with E-state index in [1.807, 2.05) is 24.6 Å². The second-order valence-electron chi connectivity index (χ2n) is 1.91. The van der Waals surface area contributed by atoms with Crippen LogP contribution < -0.4 is 5.73 Å². The van der Waals surface area contributed by atoms with Crippen LogP contribution in [0.15, 0.2) is 23.8 Å². The van der Waals surface area contributed by atoms with Gasteiger partial charge >= 0.3 is 0 Å². The summed E-state index contributed by atoms with van der Waals surface area (Å²) in [5, 5.41) is 7.03. The summed E-state index contributed by atoms with van der Waals surface area (Å²) < 4.78 is 0. The first-order chi connectivity index (χ1) is 4.30. The molecule has 1 aliphatic carbocycles. The van der Waals surface area contributed by atoms with Crippen LogP contribution in [0.25, 0.3) is 0 Å². The molecular formula is C7H9N2. The number of nitrogens with one attached hydrogen (secondary N) is 1. The van der Waals surface area contributed by atoms with E-state index in [0.29, 0.717) is 0 Å². The van der Waals surface area contributed by atoms with Crippen molar-refractivity contribution >= 4 is 5.84 Å². The molecule has 0 aliphatic heterocycles. The minimum atomic E-state index is 0.141. The molecule has 2 nitrogen and oxygen atoms in total. The van der Waals surface area contributed by atoms with Gasteiger partial charge in [0.15, 0.2) is 0 Å². The molecule has 1 radical (unpaired) electrons. The monoisotopic (exact) mass is 121 g/mol. The molecule has 0 fully saturated rings. The predicted molar refractivity (Wildman–Crippen MR) is 38.1 cm³/mol. The summed E-state index contributed by atoms with van der Waals surface area (Å²) in [6, 6.07) is 0. The third-order valence-electron chi connectivity index (χ3n) is 1.18. The van der Waals surface area contributed by atoms with Crippen molar-refractivity contribution in [2.45, 2.75) is 6.42 Å². The van der Waals surface area contributed by atoms with E-state index in [9.17, 15) is 0 Å². The molecule has 0 aromatic heterocycles. The quantitative estimate of drug-likeness (QED) is 0.395. The van der Waals surface area contributed by atoms with Gasteiger partial charge in [-0.25, -0.2) is 0 Å². The molecule has 0 bridgehead atoms. The first-order valence-corrected chi connectivity index (χ1v) is 2.85. The zero-order valence-electron chi connectivity index (χ0n) is 5.09. The fraction of sp³-hybridized carbons (Fsp3) is 0.143. The summed E-state index contributed by atoms with van der Waals surface area (Å²) in [6.07, 6.45) is 8.65. The lowest BCUT2D eigenvalue weighted by Gasteiger charge is -2.02. The van der Waals surface area contributed by atoms with Gasteiger partial charge in [0, 0.05) is 5.57 Å². The highest BCUT2D eigenvalue weighted by molar-refractivity contribution is 5.97. The van der Waals surface area contributed by atoms with Crippen LogP contribution in [-0.4, -0.2) is 5.84 Å². The lowest BCUT2D eigenvalue weighted by molar-refractivity contribution is 1.24. The maximum Gasteiger partial charge on any atom is 0.122 e. The van der Waals surface area contributed by atoms with E-state index in [1.54, 1.807) is 0 Å². The summed E-state index contributed by atoms with van der Waals surface area (Å²) in [7, 11) is 0. The van der Waals surface area contributed by atoms with Crippen molar-refractivity contribution in [3.05, 3.63) is 30.2 Å². The van der Waals surface area contributed by atoms with Crippen LogP contribution >= 0.6 is 0 Å². The fourth-order valence-electron chi connectivity index (χ4n) is 0.704. The van der Waals surface area contributed by atoms with Crippen molar-refractivity contribution in [1.29, 1.82) is 5.41 Å². The molecule has 0 amide bonds. The van der Waals surface area contributed by atoms with Crippen LogP contribution in [0.1, 0.15) is 6.42 Å².